The molecule has 7 heteroatoms. The molecule has 1 unspecified atom stereocenters. The fourth-order valence-corrected chi connectivity index (χ4v) is 3.17. The van der Waals surface area contributed by atoms with Gasteiger partial charge in [0.1, 0.15) is 11.6 Å². The Hall–Kier alpha value is -1.89. The first-order chi connectivity index (χ1) is 11.1. The molecular formula is C16H23FN4O2. The highest BCUT2D eigenvalue weighted by Crippen LogP contribution is 2.21. The van der Waals surface area contributed by atoms with Crippen molar-refractivity contribution in [3.63, 3.8) is 0 Å². The number of urea groups is 1. The number of ether oxygens (including phenoxy) is 1. The molecule has 3 rings (SSSR count). The van der Waals surface area contributed by atoms with Crippen LogP contribution in [0.15, 0.2) is 18.3 Å². The topological polar surface area (TPSA) is 48.9 Å². The van der Waals surface area contributed by atoms with E-state index in [0.717, 1.165) is 31.7 Å². The van der Waals surface area contributed by atoms with Gasteiger partial charge >= 0.3 is 6.03 Å². The monoisotopic (exact) mass is 322 g/mol. The van der Waals surface area contributed by atoms with Gasteiger partial charge in [0.05, 0.1) is 25.5 Å². The molecular weight excluding hydrogens is 299 g/mol. The Morgan fingerprint density at radius 1 is 1.35 bits per heavy atom. The van der Waals surface area contributed by atoms with Crippen LogP contribution in [0.1, 0.15) is 12.8 Å². The zero-order chi connectivity index (χ0) is 16.2. The van der Waals surface area contributed by atoms with E-state index in [0.29, 0.717) is 26.3 Å². The molecule has 6 nitrogen and oxygen atoms in total. The molecule has 1 atom stereocenters. The van der Waals surface area contributed by atoms with Crippen molar-refractivity contribution in [3.8, 4) is 0 Å². The third kappa shape index (κ3) is 3.72. The molecule has 23 heavy (non-hydrogen) atoms. The van der Waals surface area contributed by atoms with Crippen molar-refractivity contribution in [3.05, 3.63) is 24.1 Å². The van der Waals surface area contributed by atoms with Gasteiger partial charge in [-0.2, -0.15) is 0 Å². The Kier molecular flexibility index (Phi) is 4.95. The van der Waals surface area contributed by atoms with Crippen LogP contribution in [0.4, 0.5) is 15.0 Å². The van der Waals surface area contributed by atoms with Crippen LogP contribution < -0.4 is 4.90 Å². The fourth-order valence-electron chi connectivity index (χ4n) is 3.17. The molecule has 0 spiro atoms. The molecule has 2 fully saturated rings. The number of pyridine rings is 1. The van der Waals surface area contributed by atoms with Crippen LogP contribution in [0.5, 0.6) is 0 Å². The van der Waals surface area contributed by atoms with E-state index in [1.807, 2.05) is 16.8 Å². The summed E-state index contributed by atoms with van der Waals surface area (Å²) in [4.78, 5) is 22.6. The number of amides is 2. The minimum absolute atomic E-state index is 0.0622. The minimum Gasteiger partial charge on any atom is -0.378 e. The third-order valence-electron chi connectivity index (χ3n) is 4.56. The molecule has 0 aromatic carbocycles. The van der Waals surface area contributed by atoms with Crippen LogP contribution in [-0.4, -0.2) is 73.3 Å². The van der Waals surface area contributed by atoms with Gasteiger partial charge in [-0.3, -0.25) is 0 Å². The number of hydrogen-bond acceptors (Lipinski definition) is 4. The average molecular weight is 322 g/mol. The number of anilines is 1. The second-order valence-electron chi connectivity index (χ2n) is 6.07. The van der Waals surface area contributed by atoms with Gasteiger partial charge in [-0.05, 0) is 25.0 Å². The molecule has 0 bridgehead atoms. The molecule has 0 N–H and O–H groups in total. The first-order valence-electron chi connectivity index (χ1n) is 8.11. The number of carbonyl (C=O) groups is 1. The first-order valence-corrected chi connectivity index (χ1v) is 8.11. The maximum Gasteiger partial charge on any atom is 0.320 e. The summed E-state index contributed by atoms with van der Waals surface area (Å²) in [6, 6.07) is 3.33. The Balaban J connectivity index is 1.63. The fraction of sp³-hybridized carbons (Fsp3) is 0.625. The molecule has 0 radical (unpaired) electrons. The number of hydrogen-bond donors (Lipinski definition) is 0. The second kappa shape index (κ2) is 7.12. The van der Waals surface area contributed by atoms with Gasteiger partial charge in [0.25, 0.3) is 0 Å². The molecule has 3 heterocycles. The van der Waals surface area contributed by atoms with E-state index < -0.39 is 0 Å². The Labute approximate surface area is 135 Å². The average Bonchev–Trinajstić information content (AvgIpc) is 2.62. The third-order valence-corrected chi connectivity index (χ3v) is 4.56. The van der Waals surface area contributed by atoms with E-state index >= 15 is 0 Å². The van der Waals surface area contributed by atoms with Crippen molar-refractivity contribution in [2.45, 2.75) is 18.9 Å². The van der Waals surface area contributed by atoms with Crippen LogP contribution in [-0.2, 0) is 4.74 Å². The number of carbonyl (C=O) groups excluding carboxylic acids is 1. The summed E-state index contributed by atoms with van der Waals surface area (Å²) in [6.45, 7) is 4.13. The van der Waals surface area contributed by atoms with Crippen molar-refractivity contribution < 1.29 is 13.9 Å². The van der Waals surface area contributed by atoms with Gasteiger partial charge in [0, 0.05) is 33.2 Å². The second-order valence-corrected chi connectivity index (χ2v) is 6.07. The number of piperidine rings is 1. The molecule has 2 aliphatic rings. The lowest BCUT2D eigenvalue weighted by Crippen LogP contribution is -2.54. The van der Waals surface area contributed by atoms with Crippen molar-refractivity contribution in [1.29, 1.82) is 0 Å². The lowest BCUT2D eigenvalue weighted by atomic mass is 10.0. The van der Waals surface area contributed by atoms with E-state index in [1.165, 1.54) is 12.3 Å². The van der Waals surface area contributed by atoms with Crippen molar-refractivity contribution in [2.75, 3.05) is 51.3 Å². The van der Waals surface area contributed by atoms with E-state index in [-0.39, 0.29) is 17.9 Å². The van der Waals surface area contributed by atoms with Crippen LogP contribution in [0.2, 0.25) is 0 Å². The highest BCUT2D eigenvalue weighted by atomic mass is 19.1. The van der Waals surface area contributed by atoms with Gasteiger partial charge in [0.2, 0.25) is 0 Å². The largest absolute Gasteiger partial charge is 0.378 e. The normalized spacial score (nSPS) is 22.1. The molecule has 1 aromatic rings. The molecule has 1 aromatic heterocycles. The van der Waals surface area contributed by atoms with E-state index in [1.54, 1.807) is 6.07 Å². The van der Waals surface area contributed by atoms with E-state index in [9.17, 15) is 9.18 Å². The van der Waals surface area contributed by atoms with Crippen molar-refractivity contribution in [2.24, 2.45) is 0 Å². The summed E-state index contributed by atoms with van der Waals surface area (Å²) in [5.74, 6) is 0.435. The van der Waals surface area contributed by atoms with Gasteiger partial charge in [-0.25, -0.2) is 14.2 Å². The summed E-state index contributed by atoms with van der Waals surface area (Å²) in [5.41, 5.74) is 0. The smallest absolute Gasteiger partial charge is 0.320 e. The Morgan fingerprint density at radius 2 is 2.13 bits per heavy atom. The highest BCUT2D eigenvalue weighted by Gasteiger charge is 2.29. The summed E-state index contributed by atoms with van der Waals surface area (Å²) < 4.78 is 18.3. The van der Waals surface area contributed by atoms with Crippen molar-refractivity contribution in [1.82, 2.24) is 14.8 Å². The minimum atomic E-state index is -0.332. The predicted octanol–water partition coefficient (Wildman–Crippen LogP) is 1.57. The lowest BCUT2D eigenvalue weighted by molar-refractivity contribution is 0.0414. The maximum atomic E-state index is 13.0. The summed E-state index contributed by atoms with van der Waals surface area (Å²) in [7, 11) is 1.87. The highest BCUT2D eigenvalue weighted by molar-refractivity contribution is 5.74. The molecule has 0 aliphatic carbocycles. The van der Waals surface area contributed by atoms with Gasteiger partial charge < -0.3 is 19.4 Å². The quantitative estimate of drug-likeness (QED) is 0.829. The SMILES string of the molecule is CN(C(=O)N1CCOCC1)C1CCCN(c2ccc(F)cn2)C1. The molecule has 2 amide bonds. The molecule has 2 saturated heterocycles. The van der Waals surface area contributed by atoms with E-state index in [2.05, 4.69) is 9.88 Å². The van der Waals surface area contributed by atoms with E-state index in [4.69, 9.17) is 4.74 Å². The number of aromatic nitrogens is 1. The molecule has 2 aliphatic heterocycles. The molecule has 0 saturated carbocycles. The van der Waals surface area contributed by atoms with Crippen LogP contribution in [0.25, 0.3) is 0 Å². The number of nitrogens with zero attached hydrogens (tertiary/aromatic N) is 4. The number of halogens is 1. The number of rotatable bonds is 2. The maximum absolute atomic E-state index is 13.0. The first kappa shape index (κ1) is 16.0. The zero-order valence-electron chi connectivity index (χ0n) is 13.4. The van der Waals surface area contributed by atoms with Crippen molar-refractivity contribution >= 4 is 11.8 Å². The number of morpholine rings is 1. The Morgan fingerprint density at radius 3 is 2.83 bits per heavy atom. The predicted molar refractivity (Wildman–Crippen MR) is 85.0 cm³/mol. The molecule has 126 valence electrons. The van der Waals surface area contributed by atoms with Gasteiger partial charge in [0.15, 0.2) is 0 Å². The Bertz CT molecular complexity index is 533. The van der Waals surface area contributed by atoms with Gasteiger partial charge in [-0.15, -0.1) is 0 Å². The lowest BCUT2D eigenvalue weighted by Gasteiger charge is -2.40. The van der Waals surface area contributed by atoms with Crippen LogP contribution in [0, 0.1) is 5.82 Å². The summed E-state index contributed by atoms with van der Waals surface area (Å²) in [6.07, 6.45) is 3.20. The van der Waals surface area contributed by atoms with Crippen LogP contribution in [0.3, 0.4) is 0 Å². The van der Waals surface area contributed by atoms with Crippen LogP contribution >= 0.6 is 0 Å². The summed E-state index contributed by atoms with van der Waals surface area (Å²) >= 11 is 0. The number of likely N-dealkylation sites (N-methyl/N-ethyl adjacent to an activating group) is 1. The van der Waals surface area contributed by atoms with Gasteiger partial charge in [-0.1, -0.05) is 0 Å². The standard InChI is InChI=1S/C16H23FN4O2/c1-19(16(22)20-7-9-23-10-8-20)14-3-2-6-21(12-14)15-5-4-13(17)11-18-15/h4-5,11,14H,2-3,6-10,12H2,1H3. The zero-order valence-corrected chi connectivity index (χ0v) is 13.4. The summed E-state index contributed by atoms with van der Waals surface area (Å²) in [5, 5.41) is 0.